The summed E-state index contributed by atoms with van der Waals surface area (Å²) in [4.78, 5) is 14.1. The first kappa shape index (κ1) is 14.9. The van der Waals surface area contributed by atoms with Gasteiger partial charge in [0.15, 0.2) is 0 Å². The molecule has 5 heteroatoms. The van der Waals surface area contributed by atoms with Crippen molar-refractivity contribution < 1.29 is 13.6 Å². The van der Waals surface area contributed by atoms with Crippen LogP contribution in [0.1, 0.15) is 38.7 Å². The minimum atomic E-state index is -0.945. The molecular formula is C15H20F2N2O. The maximum absolute atomic E-state index is 13.7. The smallest absolute Gasteiger partial charge is 0.242 e. The molecule has 1 saturated carbocycles. The first-order valence-electron chi connectivity index (χ1n) is 6.89. The topological polar surface area (TPSA) is 46.3 Å². The van der Waals surface area contributed by atoms with Crippen molar-refractivity contribution in [1.82, 2.24) is 4.90 Å². The molecule has 0 spiro atoms. The lowest BCUT2D eigenvalue weighted by Crippen LogP contribution is -2.53. The second-order valence-corrected chi connectivity index (χ2v) is 5.67. The molecule has 0 radical (unpaired) electrons. The second-order valence-electron chi connectivity index (χ2n) is 5.67. The average Bonchev–Trinajstić information content (AvgIpc) is 3.21. The first-order valence-corrected chi connectivity index (χ1v) is 6.89. The lowest BCUT2D eigenvalue weighted by atomic mass is 9.98. The predicted octanol–water partition coefficient (Wildman–Crippen LogP) is 2.58. The van der Waals surface area contributed by atoms with Crippen LogP contribution >= 0.6 is 0 Å². The van der Waals surface area contributed by atoms with Gasteiger partial charge in [0, 0.05) is 24.2 Å². The van der Waals surface area contributed by atoms with Gasteiger partial charge in [-0.1, -0.05) is 13.0 Å². The molecule has 1 aromatic rings. The van der Waals surface area contributed by atoms with Gasteiger partial charge in [0.2, 0.25) is 5.91 Å². The SMILES string of the molecule is CCC(C)(N)C(=O)N(Cc1ccc(F)cc1F)C1CC1. The molecule has 20 heavy (non-hydrogen) atoms. The third kappa shape index (κ3) is 3.15. The molecule has 110 valence electrons. The number of carbonyl (C=O) groups is 1. The Kier molecular flexibility index (Phi) is 4.09. The summed E-state index contributed by atoms with van der Waals surface area (Å²) in [7, 11) is 0. The van der Waals surface area contributed by atoms with Crippen LogP contribution in [0.5, 0.6) is 0 Å². The van der Waals surface area contributed by atoms with Crippen LogP contribution < -0.4 is 5.73 Å². The van der Waals surface area contributed by atoms with Crippen LogP contribution in [0.25, 0.3) is 0 Å². The zero-order chi connectivity index (χ0) is 14.9. The van der Waals surface area contributed by atoms with Crippen molar-refractivity contribution in [1.29, 1.82) is 0 Å². The second kappa shape index (κ2) is 5.48. The predicted molar refractivity (Wildman–Crippen MR) is 72.8 cm³/mol. The highest BCUT2D eigenvalue weighted by molar-refractivity contribution is 5.86. The molecule has 0 bridgehead atoms. The zero-order valence-corrected chi connectivity index (χ0v) is 11.8. The first-order chi connectivity index (χ1) is 9.35. The largest absolute Gasteiger partial charge is 0.334 e. The number of hydrogen-bond acceptors (Lipinski definition) is 2. The van der Waals surface area contributed by atoms with Crippen molar-refractivity contribution in [2.24, 2.45) is 5.73 Å². The van der Waals surface area contributed by atoms with Crippen LogP contribution in [0.4, 0.5) is 8.78 Å². The van der Waals surface area contributed by atoms with E-state index in [1.807, 2.05) is 6.92 Å². The lowest BCUT2D eigenvalue weighted by molar-refractivity contribution is -0.137. The van der Waals surface area contributed by atoms with Crippen LogP contribution in [-0.4, -0.2) is 22.4 Å². The fourth-order valence-corrected chi connectivity index (χ4v) is 2.07. The highest BCUT2D eigenvalue weighted by atomic mass is 19.1. The monoisotopic (exact) mass is 282 g/mol. The van der Waals surface area contributed by atoms with Crippen molar-refractivity contribution in [3.63, 3.8) is 0 Å². The molecule has 1 fully saturated rings. The molecule has 0 aliphatic heterocycles. The lowest BCUT2D eigenvalue weighted by Gasteiger charge is -2.31. The van der Waals surface area contributed by atoms with Gasteiger partial charge in [-0.3, -0.25) is 4.79 Å². The molecule has 0 aromatic heterocycles. The number of hydrogen-bond donors (Lipinski definition) is 1. The van der Waals surface area contributed by atoms with Gasteiger partial charge < -0.3 is 10.6 Å². The number of carbonyl (C=O) groups excluding carboxylic acids is 1. The molecule has 0 heterocycles. The molecule has 0 saturated heterocycles. The van der Waals surface area contributed by atoms with Crippen LogP contribution in [0, 0.1) is 11.6 Å². The summed E-state index contributed by atoms with van der Waals surface area (Å²) in [6, 6.07) is 3.55. The molecule has 2 N–H and O–H groups in total. The minimum absolute atomic E-state index is 0.126. The van der Waals surface area contributed by atoms with Gasteiger partial charge in [0.05, 0.1) is 5.54 Å². The summed E-state index contributed by atoms with van der Waals surface area (Å²) >= 11 is 0. The van der Waals surface area contributed by atoms with Crippen molar-refractivity contribution >= 4 is 5.91 Å². The highest BCUT2D eigenvalue weighted by Gasteiger charge is 2.39. The number of rotatable bonds is 5. The summed E-state index contributed by atoms with van der Waals surface area (Å²) in [6.45, 7) is 3.68. The Hall–Kier alpha value is -1.49. The molecule has 3 nitrogen and oxygen atoms in total. The number of benzene rings is 1. The van der Waals surface area contributed by atoms with Gasteiger partial charge in [-0.15, -0.1) is 0 Å². The fraction of sp³-hybridized carbons (Fsp3) is 0.533. The van der Waals surface area contributed by atoms with Gasteiger partial charge in [-0.25, -0.2) is 8.78 Å². The number of nitrogens with two attached hydrogens (primary N) is 1. The van der Waals surface area contributed by atoms with E-state index < -0.39 is 17.2 Å². The Balaban J connectivity index is 2.20. The maximum atomic E-state index is 13.7. The Labute approximate surface area is 117 Å². The van der Waals surface area contributed by atoms with Gasteiger partial charge >= 0.3 is 0 Å². The van der Waals surface area contributed by atoms with Gasteiger partial charge in [-0.05, 0) is 32.3 Å². The molecule has 1 unspecified atom stereocenters. The van der Waals surface area contributed by atoms with E-state index in [0.717, 1.165) is 18.9 Å². The van der Waals surface area contributed by atoms with Crippen LogP contribution in [-0.2, 0) is 11.3 Å². The molecule has 1 atom stereocenters. The maximum Gasteiger partial charge on any atom is 0.242 e. The third-order valence-electron chi connectivity index (χ3n) is 3.83. The Morgan fingerprint density at radius 2 is 2.10 bits per heavy atom. The number of nitrogens with zero attached hydrogens (tertiary/aromatic N) is 1. The Bertz CT molecular complexity index is 513. The van der Waals surface area contributed by atoms with Crippen molar-refractivity contribution in [2.45, 2.75) is 51.2 Å². The molecule has 1 aliphatic carbocycles. The summed E-state index contributed by atoms with van der Waals surface area (Å²) < 4.78 is 26.6. The van der Waals surface area contributed by atoms with Crippen LogP contribution in [0.15, 0.2) is 18.2 Å². The average molecular weight is 282 g/mol. The van der Waals surface area contributed by atoms with E-state index in [9.17, 15) is 13.6 Å². The van der Waals surface area contributed by atoms with Crippen LogP contribution in [0.2, 0.25) is 0 Å². The molecule has 1 aromatic carbocycles. The van der Waals surface area contributed by atoms with Gasteiger partial charge in [0.1, 0.15) is 11.6 Å². The molecule has 1 aliphatic rings. The molecule has 2 rings (SSSR count). The molecular weight excluding hydrogens is 262 g/mol. The van der Waals surface area contributed by atoms with Crippen molar-refractivity contribution in [2.75, 3.05) is 0 Å². The highest BCUT2D eigenvalue weighted by Crippen LogP contribution is 2.31. The third-order valence-corrected chi connectivity index (χ3v) is 3.83. The number of halogens is 2. The van der Waals surface area contributed by atoms with Crippen LogP contribution in [0.3, 0.4) is 0 Å². The van der Waals surface area contributed by atoms with Crippen molar-refractivity contribution in [3.05, 3.63) is 35.4 Å². The Morgan fingerprint density at radius 1 is 1.45 bits per heavy atom. The fourth-order valence-electron chi connectivity index (χ4n) is 2.07. The van der Waals surface area contributed by atoms with Gasteiger partial charge in [-0.2, -0.15) is 0 Å². The summed E-state index contributed by atoms with van der Waals surface area (Å²) in [5.41, 5.74) is 5.37. The quantitative estimate of drug-likeness (QED) is 0.902. The summed E-state index contributed by atoms with van der Waals surface area (Å²) in [5.74, 6) is -1.42. The Morgan fingerprint density at radius 3 is 2.60 bits per heavy atom. The van der Waals surface area contributed by atoms with E-state index in [-0.39, 0.29) is 18.5 Å². The van der Waals surface area contributed by atoms with E-state index in [1.165, 1.54) is 12.1 Å². The number of amides is 1. The normalized spacial score (nSPS) is 17.6. The standard InChI is InChI=1S/C15H20F2N2O/c1-3-15(2,18)14(20)19(12-6-7-12)9-10-4-5-11(16)8-13(10)17/h4-5,8,12H,3,6-7,9,18H2,1-2H3. The van der Waals surface area contributed by atoms with E-state index in [1.54, 1.807) is 11.8 Å². The van der Waals surface area contributed by atoms with E-state index >= 15 is 0 Å². The van der Waals surface area contributed by atoms with Gasteiger partial charge in [0.25, 0.3) is 0 Å². The minimum Gasteiger partial charge on any atom is -0.334 e. The summed E-state index contributed by atoms with van der Waals surface area (Å²) in [6.07, 6.45) is 2.34. The van der Waals surface area contributed by atoms with E-state index in [0.29, 0.717) is 12.0 Å². The van der Waals surface area contributed by atoms with E-state index in [4.69, 9.17) is 5.73 Å². The van der Waals surface area contributed by atoms with E-state index in [2.05, 4.69) is 0 Å². The zero-order valence-electron chi connectivity index (χ0n) is 11.8. The summed E-state index contributed by atoms with van der Waals surface area (Å²) in [5, 5.41) is 0. The van der Waals surface area contributed by atoms with Crippen molar-refractivity contribution in [3.8, 4) is 0 Å². The molecule has 1 amide bonds.